The summed E-state index contributed by atoms with van der Waals surface area (Å²) in [4.78, 5) is 10.9. The molecule has 0 saturated heterocycles. The van der Waals surface area contributed by atoms with E-state index in [2.05, 4.69) is 17.2 Å². The Morgan fingerprint density at radius 1 is 1.69 bits per heavy atom. The first-order valence-electron chi connectivity index (χ1n) is 3.94. The Kier molecular flexibility index (Phi) is 5.60. The molecule has 2 N–H and O–H groups in total. The summed E-state index contributed by atoms with van der Waals surface area (Å²) in [6.45, 7) is 3.52. The van der Waals surface area contributed by atoms with Gasteiger partial charge < -0.3 is 10.4 Å². The van der Waals surface area contributed by atoms with Gasteiger partial charge in [0.2, 0.25) is 0 Å². The molecule has 0 heterocycles. The highest BCUT2D eigenvalue weighted by atomic mass is 32.2. The van der Waals surface area contributed by atoms with E-state index in [0.717, 1.165) is 0 Å². The van der Waals surface area contributed by atoms with Gasteiger partial charge >= 0.3 is 0 Å². The molecular weight excluding hydrogens is 186 g/mol. The molecule has 0 fully saturated rings. The van der Waals surface area contributed by atoms with Crippen molar-refractivity contribution < 1.29 is 9.90 Å². The zero-order valence-electron chi connectivity index (χ0n) is 8.18. The number of hydrogen-bond acceptors (Lipinski definition) is 3. The highest BCUT2D eigenvalue weighted by Gasteiger charge is 2.19. The molecule has 3 nitrogen and oxygen atoms in total. The van der Waals surface area contributed by atoms with E-state index in [4.69, 9.17) is 0 Å². The number of amides is 1. The maximum Gasteiger partial charge on any atom is 0.295 e. The fourth-order valence-electron chi connectivity index (χ4n) is 0.790. The minimum atomic E-state index is -0.857. The summed E-state index contributed by atoms with van der Waals surface area (Å²) >= 11 is 1.54. The summed E-state index contributed by atoms with van der Waals surface area (Å²) in [5, 5.41) is 12.2. The molecule has 74 valence electrons. The van der Waals surface area contributed by atoms with Gasteiger partial charge in [0, 0.05) is 12.3 Å². The molecule has 1 atom stereocenters. The normalized spacial score (nSPS) is 13.8. The summed E-state index contributed by atoms with van der Waals surface area (Å²) in [5.74, 6) is 5.08. The average molecular weight is 201 g/mol. The van der Waals surface area contributed by atoms with Crippen LogP contribution in [0.25, 0.3) is 0 Å². The molecule has 13 heavy (non-hydrogen) atoms. The lowest BCUT2D eigenvalue weighted by Gasteiger charge is -2.21. The quantitative estimate of drug-likeness (QED) is 0.641. The number of nitrogens with one attached hydrogen (secondary N) is 1. The van der Waals surface area contributed by atoms with Gasteiger partial charge in [-0.3, -0.25) is 4.79 Å². The zero-order valence-corrected chi connectivity index (χ0v) is 8.99. The Hall–Kier alpha value is -0.660. The molecule has 0 saturated carbocycles. The summed E-state index contributed by atoms with van der Waals surface area (Å²) in [5.41, 5.74) is -0.857. The minimum Gasteiger partial charge on any atom is -0.387 e. The molecule has 0 radical (unpaired) electrons. The Labute approximate surface area is 83.3 Å². The second kappa shape index (κ2) is 5.90. The third-order valence-corrected chi connectivity index (χ3v) is 2.23. The first-order chi connectivity index (χ1) is 6.02. The second-order valence-corrected chi connectivity index (χ2v) is 3.85. The first kappa shape index (κ1) is 12.3. The van der Waals surface area contributed by atoms with Crippen molar-refractivity contribution in [3.63, 3.8) is 0 Å². The molecule has 0 spiro atoms. The van der Waals surface area contributed by atoms with Gasteiger partial charge in [0.1, 0.15) is 0 Å². The van der Waals surface area contributed by atoms with Gasteiger partial charge in [-0.15, -0.1) is 0 Å². The molecule has 1 amide bonds. The molecular formula is C9H15NO2S. The largest absolute Gasteiger partial charge is 0.387 e. The summed E-state index contributed by atoms with van der Waals surface area (Å²) in [6, 6.07) is 0. The summed E-state index contributed by atoms with van der Waals surface area (Å²) in [6.07, 6.45) is 1.90. The van der Waals surface area contributed by atoms with Gasteiger partial charge in [0.25, 0.3) is 5.91 Å². The molecule has 0 aliphatic heterocycles. The molecule has 1 unspecified atom stereocenters. The van der Waals surface area contributed by atoms with E-state index < -0.39 is 5.60 Å². The van der Waals surface area contributed by atoms with Gasteiger partial charge in [0.15, 0.2) is 0 Å². The van der Waals surface area contributed by atoms with Crippen molar-refractivity contribution in [1.29, 1.82) is 0 Å². The van der Waals surface area contributed by atoms with Gasteiger partial charge in [-0.05, 0) is 26.0 Å². The van der Waals surface area contributed by atoms with Crippen LogP contribution in [0.4, 0.5) is 0 Å². The highest BCUT2D eigenvalue weighted by Crippen LogP contribution is 2.08. The molecule has 0 aromatic heterocycles. The predicted octanol–water partition coefficient (Wildman–Crippen LogP) is 0.240. The topological polar surface area (TPSA) is 49.3 Å². The van der Waals surface area contributed by atoms with E-state index in [9.17, 15) is 9.90 Å². The predicted molar refractivity (Wildman–Crippen MR) is 55.5 cm³/mol. The van der Waals surface area contributed by atoms with Crippen molar-refractivity contribution >= 4 is 17.7 Å². The summed E-state index contributed by atoms with van der Waals surface area (Å²) < 4.78 is 0. The smallest absolute Gasteiger partial charge is 0.295 e. The Morgan fingerprint density at radius 3 is 2.77 bits per heavy atom. The van der Waals surface area contributed by atoms with Crippen LogP contribution in [-0.4, -0.2) is 35.2 Å². The molecule has 0 aromatic rings. The molecule has 0 bridgehead atoms. The lowest BCUT2D eigenvalue weighted by molar-refractivity contribution is -0.116. The summed E-state index contributed by atoms with van der Waals surface area (Å²) in [7, 11) is 0. The van der Waals surface area contributed by atoms with Crippen LogP contribution in [-0.2, 0) is 4.79 Å². The van der Waals surface area contributed by atoms with E-state index >= 15 is 0 Å². The van der Waals surface area contributed by atoms with Crippen LogP contribution >= 0.6 is 11.8 Å². The number of rotatable bonds is 4. The van der Waals surface area contributed by atoms with E-state index in [-0.39, 0.29) is 12.5 Å². The van der Waals surface area contributed by atoms with Gasteiger partial charge in [-0.25, -0.2) is 0 Å². The second-order valence-electron chi connectivity index (χ2n) is 2.99. The van der Waals surface area contributed by atoms with Crippen molar-refractivity contribution in [2.75, 3.05) is 18.6 Å². The van der Waals surface area contributed by atoms with Crippen molar-refractivity contribution in [2.45, 2.75) is 19.4 Å². The Morgan fingerprint density at radius 2 is 2.31 bits per heavy atom. The monoisotopic (exact) mass is 201 g/mol. The van der Waals surface area contributed by atoms with Crippen LogP contribution in [0.15, 0.2) is 0 Å². The molecule has 0 aromatic carbocycles. The third kappa shape index (κ3) is 6.50. The van der Waals surface area contributed by atoms with Crippen molar-refractivity contribution in [2.24, 2.45) is 0 Å². The number of aliphatic hydroxyl groups is 1. The molecule has 0 aliphatic rings. The van der Waals surface area contributed by atoms with Crippen LogP contribution in [0.1, 0.15) is 13.8 Å². The SMILES string of the molecule is CC#CC(=O)NCC(C)(O)CSC. The van der Waals surface area contributed by atoms with Crippen LogP contribution in [0.5, 0.6) is 0 Å². The van der Waals surface area contributed by atoms with Crippen molar-refractivity contribution in [3.8, 4) is 11.8 Å². The third-order valence-electron chi connectivity index (χ3n) is 1.32. The van der Waals surface area contributed by atoms with E-state index in [1.54, 1.807) is 13.8 Å². The lowest BCUT2D eigenvalue weighted by Crippen LogP contribution is -2.42. The zero-order chi connectivity index (χ0) is 10.3. The maximum absolute atomic E-state index is 10.9. The van der Waals surface area contributed by atoms with Crippen LogP contribution in [0.2, 0.25) is 0 Å². The van der Waals surface area contributed by atoms with Gasteiger partial charge in [-0.2, -0.15) is 11.8 Å². The number of carbonyl (C=O) groups excluding carboxylic acids is 1. The van der Waals surface area contributed by atoms with Gasteiger partial charge in [0.05, 0.1) is 5.60 Å². The standard InChI is InChI=1S/C9H15NO2S/c1-4-5-8(11)10-6-9(2,12)7-13-3/h12H,6-7H2,1-3H3,(H,10,11). The average Bonchev–Trinajstić information content (AvgIpc) is 2.02. The van der Waals surface area contributed by atoms with E-state index in [0.29, 0.717) is 5.75 Å². The van der Waals surface area contributed by atoms with Gasteiger partial charge in [-0.1, -0.05) is 5.92 Å². The lowest BCUT2D eigenvalue weighted by atomic mass is 10.1. The van der Waals surface area contributed by atoms with E-state index in [1.165, 1.54) is 11.8 Å². The van der Waals surface area contributed by atoms with Crippen LogP contribution in [0.3, 0.4) is 0 Å². The van der Waals surface area contributed by atoms with Crippen LogP contribution in [0, 0.1) is 11.8 Å². The van der Waals surface area contributed by atoms with E-state index in [1.807, 2.05) is 6.26 Å². The minimum absolute atomic E-state index is 0.237. The molecule has 0 aliphatic carbocycles. The van der Waals surface area contributed by atoms with Crippen molar-refractivity contribution in [1.82, 2.24) is 5.32 Å². The van der Waals surface area contributed by atoms with Crippen molar-refractivity contribution in [3.05, 3.63) is 0 Å². The molecule has 4 heteroatoms. The molecule has 0 rings (SSSR count). The fraction of sp³-hybridized carbons (Fsp3) is 0.667. The Bertz CT molecular complexity index is 228. The Balaban J connectivity index is 3.84. The van der Waals surface area contributed by atoms with Crippen LogP contribution < -0.4 is 5.32 Å². The number of thioether (sulfide) groups is 1. The number of carbonyl (C=O) groups is 1. The number of hydrogen-bond donors (Lipinski definition) is 2. The first-order valence-corrected chi connectivity index (χ1v) is 5.33. The maximum atomic E-state index is 10.9. The highest BCUT2D eigenvalue weighted by molar-refractivity contribution is 7.98. The fourth-order valence-corrected chi connectivity index (χ4v) is 1.51.